The number of halogens is 2. The molecule has 0 radical (unpaired) electrons. The van der Waals surface area contributed by atoms with Gasteiger partial charge < -0.3 is 5.73 Å². The second-order valence-electron chi connectivity index (χ2n) is 4.57. The highest BCUT2D eigenvalue weighted by molar-refractivity contribution is 7.20. The maximum atomic E-state index is 6.35. The zero-order chi connectivity index (χ0) is 13.4. The minimum absolute atomic E-state index is 0.221. The van der Waals surface area contributed by atoms with Crippen molar-refractivity contribution in [1.82, 2.24) is 0 Å². The van der Waals surface area contributed by atoms with Crippen LogP contribution in [0.1, 0.15) is 33.9 Å². The van der Waals surface area contributed by atoms with Gasteiger partial charge in [-0.2, -0.15) is 0 Å². The minimum atomic E-state index is -0.221. The van der Waals surface area contributed by atoms with Crippen LogP contribution in [0, 0.1) is 20.8 Å². The molecule has 1 heterocycles. The van der Waals surface area contributed by atoms with E-state index in [1.54, 1.807) is 0 Å². The summed E-state index contributed by atoms with van der Waals surface area (Å²) in [5.74, 6) is 0. The lowest BCUT2D eigenvalue weighted by Gasteiger charge is -2.18. The molecule has 4 heteroatoms. The van der Waals surface area contributed by atoms with Crippen molar-refractivity contribution in [1.29, 1.82) is 0 Å². The van der Waals surface area contributed by atoms with Crippen molar-refractivity contribution in [2.45, 2.75) is 26.8 Å². The predicted molar refractivity (Wildman–Crippen MR) is 81.0 cm³/mol. The van der Waals surface area contributed by atoms with Crippen LogP contribution in [0.2, 0.25) is 8.67 Å². The van der Waals surface area contributed by atoms with Gasteiger partial charge in [0, 0.05) is 5.56 Å². The third-order valence-electron chi connectivity index (χ3n) is 3.07. The summed E-state index contributed by atoms with van der Waals surface area (Å²) < 4.78 is 1.35. The Hall–Kier alpha value is -0.540. The molecule has 1 aromatic carbocycles. The summed E-state index contributed by atoms with van der Waals surface area (Å²) in [5.41, 5.74) is 12.0. The van der Waals surface area contributed by atoms with Crippen molar-refractivity contribution in [2.75, 3.05) is 0 Å². The summed E-state index contributed by atoms with van der Waals surface area (Å²) in [6.45, 7) is 6.25. The van der Waals surface area contributed by atoms with E-state index in [0.29, 0.717) is 8.67 Å². The van der Waals surface area contributed by atoms with E-state index in [2.05, 4.69) is 32.9 Å². The van der Waals surface area contributed by atoms with E-state index < -0.39 is 0 Å². The Morgan fingerprint density at radius 3 is 2.06 bits per heavy atom. The largest absolute Gasteiger partial charge is 0.320 e. The normalized spacial score (nSPS) is 12.8. The van der Waals surface area contributed by atoms with Gasteiger partial charge >= 0.3 is 0 Å². The lowest BCUT2D eigenvalue weighted by Crippen LogP contribution is -2.14. The first kappa shape index (κ1) is 13.9. The van der Waals surface area contributed by atoms with Crippen molar-refractivity contribution < 1.29 is 0 Å². The van der Waals surface area contributed by atoms with Gasteiger partial charge in [-0.05, 0) is 43.5 Å². The average Bonchev–Trinajstić information content (AvgIpc) is 2.56. The number of hydrogen-bond donors (Lipinski definition) is 1. The SMILES string of the molecule is Cc1cc(C)c(C(N)c2cc(Cl)sc2Cl)c(C)c1. The first-order chi connectivity index (χ1) is 8.40. The Kier molecular flexibility index (Phi) is 4.02. The molecule has 1 unspecified atom stereocenters. The van der Waals surface area contributed by atoms with Gasteiger partial charge in [0.05, 0.1) is 14.7 Å². The van der Waals surface area contributed by atoms with Crippen LogP contribution in [-0.2, 0) is 0 Å². The summed E-state index contributed by atoms with van der Waals surface area (Å²) in [4.78, 5) is 0. The summed E-state index contributed by atoms with van der Waals surface area (Å²) in [7, 11) is 0. The maximum Gasteiger partial charge on any atom is 0.0995 e. The Balaban J connectivity index is 2.52. The zero-order valence-corrected chi connectivity index (χ0v) is 12.9. The molecule has 0 spiro atoms. The Morgan fingerprint density at radius 2 is 1.61 bits per heavy atom. The van der Waals surface area contributed by atoms with E-state index in [9.17, 15) is 0 Å². The molecule has 0 saturated carbocycles. The zero-order valence-electron chi connectivity index (χ0n) is 10.6. The lowest BCUT2D eigenvalue weighted by molar-refractivity contribution is 0.855. The van der Waals surface area contributed by atoms with Crippen LogP contribution in [0.15, 0.2) is 18.2 Å². The van der Waals surface area contributed by atoms with Gasteiger partial charge in [0.1, 0.15) is 0 Å². The van der Waals surface area contributed by atoms with E-state index in [4.69, 9.17) is 28.9 Å². The van der Waals surface area contributed by atoms with Crippen LogP contribution in [0.25, 0.3) is 0 Å². The molecule has 2 rings (SSSR count). The van der Waals surface area contributed by atoms with Gasteiger partial charge in [0.25, 0.3) is 0 Å². The van der Waals surface area contributed by atoms with Crippen LogP contribution < -0.4 is 5.73 Å². The maximum absolute atomic E-state index is 6.35. The molecule has 1 aromatic heterocycles. The fourth-order valence-corrected chi connectivity index (χ4v) is 3.95. The lowest BCUT2D eigenvalue weighted by atomic mass is 9.92. The van der Waals surface area contributed by atoms with Gasteiger partial charge in [0.2, 0.25) is 0 Å². The molecule has 96 valence electrons. The smallest absolute Gasteiger partial charge is 0.0995 e. The quantitative estimate of drug-likeness (QED) is 0.827. The van der Waals surface area contributed by atoms with Gasteiger partial charge in [0.15, 0.2) is 0 Å². The van der Waals surface area contributed by atoms with Crippen LogP contribution in [-0.4, -0.2) is 0 Å². The minimum Gasteiger partial charge on any atom is -0.320 e. The summed E-state index contributed by atoms with van der Waals surface area (Å²) in [5, 5.41) is 0. The number of benzene rings is 1. The summed E-state index contributed by atoms with van der Waals surface area (Å²) in [6, 6.07) is 5.92. The van der Waals surface area contributed by atoms with Crippen LogP contribution in [0.4, 0.5) is 0 Å². The highest BCUT2D eigenvalue weighted by atomic mass is 35.5. The number of nitrogens with two attached hydrogens (primary N) is 1. The molecule has 0 aliphatic heterocycles. The van der Waals surface area contributed by atoms with Crippen molar-refractivity contribution >= 4 is 34.5 Å². The van der Waals surface area contributed by atoms with E-state index in [-0.39, 0.29) is 6.04 Å². The summed E-state index contributed by atoms with van der Waals surface area (Å²) in [6.07, 6.45) is 0. The summed E-state index contributed by atoms with van der Waals surface area (Å²) >= 11 is 13.5. The molecule has 1 nitrogen and oxygen atoms in total. The number of aryl methyl sites for hydroxylation is 3. The van der Waals surface area contributed by atoms with Crippen LogP contribution >= 0.6 is 34.5 Å². The second kappa shape index (κ2) is 5.22. The van der Waals surface area contributed by atoms with E-state index in [1.807, 2.05) is 6.07 Å². The van der Waals surface area contributed by atoms with Crippen molar-refractivity contribution in [3.63, 3.8) is 0 Å². The molecule has 2 N–H and O–H groups in total. The van der Waals surface area contributed by atoms with E-state index >= 15 is 0 Å². The van der Waals surface area contributed by atoms with Gasteiger partial charge in [-0.1, -0.05) is 40.9 Å². The third-order valence-corrected chi connectivity index (χ3v) is 4.59. The molecule has 18 heavy (non-hydrogen) atoms. The Labute approximate surface area is 122 Å². The molecule has 0 fully saturated rings. The molecule has 1 atom stereocenters. The fourth-order valence-electron chi connectivity index (χ4n) is 2.40. The number of rotatable bonds is 2. The van der Waals surface area contributed by atoms with Crippen molar-refractivity contribution in [2.24, 2.45) is 5.73 Å². The predicted octanol–water partition coefficient (Wildman–Crippen LogP) is 5.03. The molecule has 2 aromatic rings. The molecule has 0 bridgehead atoms. The van der Waals surface area contributed by atoms with Gasteiger partial charge in [-0.25, -0.2) is 0 Å². The molecule has 0 saturated heterocycles. The average molecular weight is 300 g/mol. The van der Waals surface area contributed by atoms with Crippen LogP contribution in [0.5, 0.6) is 0 Å². The van der Waals surface area contributed by atoms with Gasteiger partial charge in [-0.3, -0.25) is 0 Å². The highest BCUT2D eigenvalue weighted by Gasteiger charge is 2.19. The number of thiophene rings is 1. The standard InChI is InChI=1S/C14H15Cl2NS/c1-7-4-8(2)12(9(3)5-7)13(17)10-6-11(15)18-14(10)16/h4-6,13H,17H2,1-3H3. The van der Waals surface area contributed by atoms with Crippen molar-refractivity contribution in [3.05, 3.63) is 54.7 Å². The van der Waals surface area contributed by atoms with E-state index in [1.165, 1.54) is 28.0 Å². The molecule has 0 aliphatic carbocycles. The highest BCUT2D eigenvalue weighted by Crippen LogP contribution is 2.38. The van der Waals surface area contributed by atoms with Gasteiger partial charge in [-0.15, -0.1) is 11.3 Å². The van der Waals surface area contributed by atoms with Crippen LogP contribution in [0.3, 0.4) is 0 Å². The number of hydrogen-bond acceptors (Lipinski definition) is 2. The Bertz CT molecular complexity index is 566. The topological polar surface area (TPSA) is 26.0 Å². The molecular formula is C14H15Cl2NS. The second-order valence-corrected chi connectivity index (χ2v) is 6.86. The molecule has 0 amide bonds. The third kappa shape index (κ3) is 2.57. The first-order valence-corrected chi connectivity index (χ1v) is 7.25. The monoisotopic (exact) mass is 299 g/mol. The first-order valence-electron chi connectivity index (χ1n) is 5.68. The molecular weight excluding hydrogens is 285 g/mol. The molecule has 0 aliphatic rings. The Morgan fingerprint density at radius 1 is 1.06 bits per heavy atom. The van der Waals surface area contributed by atoms with E-state index in [0.717, 1.165) is 11.1 Å². The fraction of sp³-hybridized carbons (Fsp3) is 0.286. The van der Waals surface area contributed by atoms with Crippen molar-refractivity contribution in [3.8, 4) is 0 Å².